The third kappa shape index (κ3) is 5.36. The summed E-state index contributed by atoms with van der Waals surface area (Å²) >= 11 is 4.06. The fourth-order valence-electron chi connectivity index (χ4n) is 3.71. The van der Waals surface area contributed by atoms with E-state index in [1.807, 2.05) is 0 Å². The minimum Gasteiger partial charge on any atom is -0.466 e. The molecule has 0 aromatic carbocycles. The number of thiophene rings is 1. The number of nitrogens with zero attached hydrogens (tertiary/aromatic N) is 3. The summed E-state index contributed by atoms with van der Waals surface area (Å²) in [5.41, 5.74) is 1.63. The maximum absolute atomic E-state index is 13.3. The van der Waals surface area contributed by atoms with Crippen molar-refractivity contribution in [2.24, 2.45) is 0 Å². The summed E-state index contributed by atoms with van der Waals surface area (Å²) in [5, 5.41) is 6.10. The van der Waals surface area contributed by atoms with Gasteiger partial charge < -0.3 is 10.1 Å². The van der Waals surface area contributed by atoms with Gasteiger partial charge in [0.25, 0.3) is 5.56 Å². The van der Waals surface area contributed by atoms with Crippen molar-refractivity contribution in [3.05, 3.63) is 44.5 Å². The minimum absolute atomic E-state index is 0.0641. The van der Waals surface area contributed by atoms with Gasteiger partial charge in [0.05, 0.1) is 29.9 Å². The number of thiazole rings is 1. The first-order valence-corrected chi connectivity index (χ1v) is 13.4. The molecule has 4 rings (SSSR count). The maximum Gasteiger partial charge on any atom is 0.311 e. The first-order chi connectivity index (χ1) is 16.0. The number of carbonyl (C=O) groups excluding carboxylic acids is 2. The fourth-order valence-corrected chi connectivity index (χ4v) is 6.55. The van der Waals surface area contributed by atoms with Crippen molar-refractivity contribution in [1.29, 1.82) is 0 Å². The molecule has 1 amide bonds. The lowest BCUT2D eigenvalue weighted by Crippen LogP contribution is -2.24. The largest absolute Gasteiger partial charge is 0.466 e. The van der Waals surface area contributed by atoms with E-state index in [4.69, 9.17) is 9.72 Å². The second kappa shape index (κ2) is 10.6. The maximum atomic E-state index is 13.3. The van der Waals surface area contributed by atoms with Crippen LogP contribution in [0.15, 0.2) is 28.0 Å². The Morgan fingerprint density at radius 2 is 2.15 bits per heavy atom. The third-order valence-corrected chi connectivity index (χ3v) is 8.08. The van der Waals surface area contributed by atoms with Crippen molar-refractivity contribution < 1.29 is 14.3 Å². The quantitative estimate of drug-likeness (QED) is 0.205. The van der Waals surface area contributed by atoms with Gasteiger partial charge in [-0.05, 0) is 38.2 Å². The predicted octanol–water partition coefficient (Wildman–Crippen LogP) is 3.82. The lowest BCUT2D eigenvalue weighted by Gasteiger charge is -2.12. The van der Waals surface area contributed by atoms with Crippen LogP contribution in [0.5, 0.6) is 0 Å². The summed E-state index contributed by atoms with van der Waals surface area (Å²) in [7, 11) is 0. The highest BCUT2D eigenvalue weighted by atomic mass is 32.2. The number of thioether (sulfide) groups is 1. The highest BCUT2D eigenvalue weighted by molar-refractivity contribution is 7.99. The number of carbonyl (C=O) groups is 2. The van der Waals surface area contributed by atoms with Gasteiger partial charge >= 0.3 is 5.97 Å². The Morgan fingerprint density at radius 1 is 1.33 bits per heavy atom. The van der Waals surface area contributed by atoms with E-state index in [2.05, 4.69) is 16.9 Å². The highest BCUT2D eigenvalue weighted by Crippen LogP contribution is 2.34. The number of fused-ring (bicyclic) bond motifs is 3. The van der Waals surface area contributed by atoms with Gasteiger partial charge in [-0.25, -0.2) is 9.97 Å². The Labute approximate surface area is 203 Å². The molecular formula is C22H24N4O4S3. The average Bonchev–Trinajstić information content (AvgIpc) is 3.38. The van der Waals surface area contributed by atoms with Crippen LogP contribution in [0.1, 0.15) is 35.9 Å². The van der Waals surface area contributed by atoms with Gasteiger partial charge in [-0.3, -0.25) is 19.0 Å². The molecule has 0 saturated heterocycles. The molecule has 0 fully saturated rings. The average molecular weight is 505 g/mol. The van der Waals surface area contributed by atoms with Gasteiger partial charge in [0, 0.05) is 16.8 Å². The zero-order chi connectivity index (χ0) is 23.4. The number of anilines is 1. The number of aromatic nitrogens is 3. The van der Waals surface area contributed by atoms with E-state index < -0.39 is 0 Å². The molecule has 3 aromatic rings. The molecule has 3 heterocycles. The lowest BCUT2D eigenvalue weighted by atomic mass is 9.97. The van der Waals surface area contributed by atoms with Crippen molar-refractivity contribution in [3.8, 4) is 0 Å². The molecule has 0 spiro atoms. The molecule has 8 nitrogen and oxygen atoms in total. The monoisotopic (exact) mass is 504 g/mol. The molecular weight excluding hydrogens is 480 g/mol. The van der Waals surface area contributed by atoms with Gasteiger partial charge in [-0.1, -0.05) is 17.8 Å². The Kier molecular flexibility index (Phi) is 7.61. The topological polar surface area (TPSA) is 103 Å². The molecule has 3 aromatic heterocycles. The molecule has 1 aliphatic carbocycles. The van der Waals surface area contributed by atoms with Gasteiger partial charge in [0.15, 0.2) is 10.3 Å². The van der Waals surface area contributed by atoms with E-state index in [-0.39, 0.29) is 29.6 Å². The van der Waals surface area contributed by atoms with Gasteiger partial charge in [-0.2, -0.15) is 0 Å². The van der Waals surface area contributed by atoms with Crippen LogP contribution in [-0.4, -0.2) is 38.8 Å². The smallest absolute Gasteiger partial charge is 0.311 e. The van der Waals surface area contributed by atoms with E-state index in [1.165, 1.54) is 28.0 Å². The molecule has 0 unspecified atom stereocenters. The van der Waals surface area contributed by atoms with Crippen molar-refractivity contribution in [3.63, 3.8) is 0 Å². The summed E-state index contributed by atoms with van der Waals surface area (Å²) in [5.74, 6) is -0.539. The van der Waals surface area contributed by atoms with E-state index in [0.717, 1.165) is 41.5 Å². The van der Waals surface area contributed by atoms with E-state index in [0.29, 0.717) is 29.1 Å². The normalized spacial score (nSPS) is 13.0. The number of allylic oxidation sites excluding steroid dienone is 1. The molecule has 0 saturated carbocycles. The van der Waals surface area contributed by atoms with E-state index >= 15 is 0 Å². The Hall–Kier alpha value is -2.50. The molecule has 0 aliphatic heterocycles. The SMILES string of the molecule is C=CCn1c(SCC(=O)Nc2nc(CC(=O)OCC)cs2)nc2sc3c(c2c1=O)CCCC3. The number of aryl methyl sites for hydroxylation is 2. The summed E-state index contributed by atoms with van der Waals surface area (Å²) < 4.78 is 6.51. The summed E-state index contributed by atoms with van der Waals surface area (Å²) in [4.78, 5) is 48.4. The second-order valence-corrected chi connectivity index (χ2v) is 10.3. The molecule has 33 heavy (non-hydrogen) atoms. The molecule has 0 radical (unpaired) electrons. The number of ether oxygens (including phenoxy) is 1. The van der Waals surface area contributed by atoms with Crippen LogP contribution in [0, 0.1) is 0 Å². The van der Waals surface area contributed by atoms with Gasteiger partial charge in [-0.15, -0.1) is 29.3 Å². The molecule has 0 atom stereocenters. The molecule has 174 valence electrons. The molecule has 11 heteroatoms. The third-order valence-electron chi connectivity index (χ3n) is 5.11. The number of nitrogens with one attached hydrogen (secondary N) is 1. The Balaban J connectivity index is 1.47. The van der Waals surface area contributed by atoms with Crippen molar-refractivity contribution in [2.75, 3.05) is 17.7 Å². The van der Waals surface area contributed by atoms with E-state index in [9.17, 15) is 14.4 Å². The number of rotatable bonds is 9. The van der Waals surface area contributed by atoms with Gasteiger partial charge in [0.2, 0.25) is 5.91 Å². The van der Waals surface area contributed by atoms with Crippen LogP contribution >= 0.6 is 34.4 Å². The number of hydrogen-bond donors (Lipinski definition) is 1. The number of amides is 1. The van der Waals surface area contributed by atoms with Crippen LogP contribution in [0.2, 0.25) is 0 Å². The van der Waals surface area contributed by atoms with Crippen LogP contribution in [0.25, 0.3) is 10.2 Å². The summed E-state index contributed by atoms with van der Waals surface area (Å²) in [6.07, 6.45) is 5.88. The molecule has 1 aliphatic rings. The zero-order valence-electron chi connectivity index (χ0n) is 18.2. The first kappa shape index (κ1) is 23.7. The number of esters is 1. The summed E-state index contributed by atoms with van der Waals surface area (Å²) in [6.45, 7) is 6.16. The van der Waals surface area contributed by atoms with Crippen LogP contribution in [0.3, 0.4) is 0 Å². The summed E-state index contributed by atoms with van der Waals surface area (Å²) in [6, 6.07) is 0. The highest BCUT2D eigenvalue weighted by Gasteiger charge is 2.22. The van der Waals surface area contributed by atoms with Crippen molar-refractivity contribution >= 4 is 61.7 Å². The molecule has 1 N–H and O–H groups in total. The van der Waals surface area contributed by atoms with Crippen LogP contribution in [-0.2, 0) is 40.1 Å². The Morgan fingerprint density at radius 3 is 2.94 bits per heavy atom. The van der Waals surface area contributed by atoms with Crippen molar-refractivity contribution in [2.45, 2.75) is 50.7 Å². The van der Waals surface area contributed by atoms with E-state index in [1.54, 1.807) is 34.3 Å². The lowest BCUT2D eigenvalue weighted by molar-refractivity contribution is -0.142. The van der Waals surface area contributed by atoms with Crippen LogP contribution in [0.4, 0.5) is 5.13 Å². The predicted molar refractivity (Wildman–Crippen MR) is 133 cm³/mol. The first-order valence-electron chi connectivity index (χ1n) is 10.7. The van der Waals surface area contributed by atoms with Gasteiger partial charge in [0.1, 0.15) is 4.83 Å². The molecule has 0 bridgehead atoms. The second-order valence-electron chi connectivity index (χ2n) is 7.45. The fraction of sp³-hybridized carbons (Fsp3) is 0.409. The van der Waals surface area contributed by atoms with Crippen molar-refractivity contribution in [1.82, 2.24) is 14.5 Å². The van der Waals surface area contributed by atoms with Crippen LogP contribution < -0.4 is 10.9 Å². The number of hydrogen-bond acceptors (Lipinski definition) is 9. The standard InChI is InChI=1S/C22H24N4O4S3/c1-3-9-26-20(29)18-14-7-5-6-8-15(14)33-19(18)25-22(26)32-12-16(27)24-21-23-13(11-31-21)10-17(28)30-4-2/h3,11H,1,4-10,12H2,2H3,(H,23,24,27). The Bertz CT molecular complexity index is 1260. The minimum atomic E-state index is -0.354. The zero-order valence-corrected chi connectivity index (χ0v) is 20.7.